The van der Waals surface area contributed by atoms with Crippen LogP contribution in [0.1, 0.15) is 43.1 Å². The van der Waals surface area contributed by atoms with Crippen LogP contribution in [0.5, 0.6) is 5.75 Å². The highest BCUT2D eigenvalue weighted by molar-refractivity contribution is 5.29. The highest BCUT2D eigenvalue weighted by Crippen LogP contribution is 2.21. The predicted octanol–water partition coefficient (Wildman–Crippen LogP) is 3.89. The maximum atomic E-state index is 5.81. The maximum absolute atomic E-state index is 5.81. The Kier molecular flexibility index (Phi) is 5.76. The average molecular weight is 284 g/mol. The van der Waals surface area contributed by atoms with Gasteiger partial charge >= 0.3 is 0 Å². The van der Waals surface area contributed by atoms with E-state index in [1.165, 1.54) is 5.56 Å². The molecule has 0 aliphatic heterocycles. The number of aromatic nitrogens is 1. The van der Waals surface area contributed by atoms with E-state index in [-0.39, 0.29) is 0 Å². The van der Waals surface area contributed by atoms with E-state index >= 15 is 0 Å². The van der Waals surface area contributed by atoms with Crippen LogP contribution >= 0.6 is 0 Å². The zero-order valence-electron chi connectivity index (χ0n) is 13.1. The van der Waals surface area contributed by atoms with Gasteiger partial charge in [0.1, 0.15) is 12.4 Å². The van der Waals surface area contributed by atoms with E-state index in [4.69, 9.17) is 4.74 Å². The molecule has 2 rings (SSSR count). The van der Waals surface area contributed by atoms with Crippen molar-refractivity contribution < 1.29 is 4.74 Å². The monoisotopic (exact) mass is 284 g/mol. The topological polar surface area (TPSA) is 34.1 Å². The summed E-state index contributed by atoms with van der Waals surface area (Å²) in [6.45, 7) is 5.73. The van der Waals surface area contributed by atoms with Crippen molar-refractivity contribution in [3.05, 3.63) is 59.4 Å². The highest BCUT2D eigenvalue weighted by atomic mass is 16.5. The number of rotatable bonds is 7. The molecular weight excluding hydrogens is 260 g/mol. The van der Waals surface area contributed by atoms with Gasteiger partial charge in [0.2, 0.25) is 0 Å². The predicted molar refractivity (Wildman–Crippen MR) is 86.5 cm³/mol. The lowest BCUT2D eigenvalue weighted by Crippen LogP contribution is -2.08. The fourth-order valence-corrected chi connectivity index (χ4v) is 2.17. The van der Waals surface area contributed by atoms with Crippen molar-refractivity contribution in [1.29, 1.82) is 0 Å². The Hall–Kier alpha value is -1.87. The smallest absolute Gasteiger partial charge is 0.130 e. The van der Waals surface area contributed by atoms with Gasteiger partial charge in [0, 0.05) is 6.54 Å². The van der Waals surface area contributed by atoms with Crippen LogP contribution in [0.4, 0.5) is 0 Å². The number of pyridine rings is 1. The minimum Gasteiger partial charge on any atom is -0.487 e. The van der Waals surface area contributed by atoms with Gasteiger partial charge in [-0.3, -0.25) is 4.98 Å². The van der Waals surface area contributed by atoms with Crippen molar-refractivity contribution in [2.75, 3.05) is 7.05 Å². The number of ether oxygens (including phenoxy) is 1. The van der Waals surface area contributed by atoms with Crippen LogP contribution in [0.3, 0.4) is 0 Å². The zero-order valence-corrected chi connectivity index (χ0v) is 13.1. The summed E-state index contributed by atoms with van der Waals surface area (Å²) in [7, 11) is 1.92. The fraction of sp³-hybridized carbons (Fsp3) is 0.389. The summed E-state index contributed by atoms with van der Waals surface area (Å²) >= 11 is 0. The van der Waals surface area contributed by atoms with Crippen LogP contribution < -0.4 is 10.1 Å². The minimum absolute atomic E-state index is 0.500. The number of nitrogens with zero attached hydrogens (tertiary/aromatic N) is 1. The molecule has 0 radical (unpaired) electrons. The molecule has 1 unspecified atom stereocenters. The first kappa shape index (κ1) is 15.5. The van der Waals surface area contributed by atoms with Crippen molar-refractivity contribution in [3.8, 4) is 5.75 Å². The molecule has 3 nitrogen and oxygen atoms in total. The van der Waals surface area contributed by atoms with Gasteiger partial charge in [0.05, 0.1) is 11.4 Å². The minimum atomic E-state index is 0.500. The van der Waals surface area contributed by atoms with Crippen LogP contribution in [0, 0.1) is 0 Å². The lowest BCUT2D eigenvalue weighted by Gasteiger charge is -2.11. The molecule has 21 heavy (non-hydrogen) atoms. The Morgan fingerprint density at radius 2 is 1.81 bits per heavy atom. The van der Waals surface area contributed by atoms with E-state index in [1.807, 2.05) is 37.4 Å². The highest BCUT2D eigenvalue weighted by Gasteiger charge is 2.03. The summed E-state index contributed by atoms with van der Waals surface area (Å²) in [5.74, 6) is 1.49. The van der Waals surface area contributed by atoms with Crippen molar-refractivity contribution in [3.63, 3.8) is 0 Å². The van der Waals surface area contributed by atoms with Crippen molar-refractivity contribution in [2.24, 2.45) is 0 Å². The molecule has 0 aliphatic rings. The molecule has 0 spiro atoms. The van der Waals surface area contributed by atoms with Crippen LogP contribution in [-0.4, -0.2) is 12.0 Å². The van der Waals surface area contributed by atoms with Crippen LogP contribution in [0.2, 0.25) is 0 Å². The summed E-state index contributed by atoms with van der Waals surface area (Å²) in [6.07, 6.45) is 1.16. The van der Waals surface area contributed by atoms with E-state index < -0.39 is 0 Å². The Morgan fingerprint density at radius 1 is 1.10 bits per heavy atom. The van der Waals surface area contributed by atoms with Crippen LogP contribution in [0.25, 0.3) is 0 Å². The third-order valence-electron chi connectivity index (χ3n) is 3.67. The van der Waals surface area contributed by atoms with Crippen molar-refractivity contribution in [1.82, 2.24) is 10.3 Å². The van der Waals surface area contributed by atoms with Gasteiger partial charge in [-0.15, -0.1) is 0 Å². The van der Waals surface area contributed by atoms with Gasteiger partial charge < -0.3 is 10.1 Å². The van der Waals surface area contributed by atoms with Crippen molar-refractivity contribution in [2.45, 2.75) is 39.3 Å². The molecular formula is C18H24N2O. The van der Waals surface area contributed by atoms with Gasteiger partial charge in [-0.25, -0.2) is 0 Å². The second-order valence-electron chi connectivity index (χ2n) is 5.32. The number of hydrogen-bond acceptors (Lipinski definition) is 3. The summed E-state index contributed by atoms with van der Waals surface area (Å²) in [5.41, 5.74) is 3.35. The molecule has 0 bridgehead atoms. The summed E-state index contributed by atoms with van der Waals surface area (Å²) in [4.78, 5) is 4.55. The molecule has 0 amide bonds. The third kappa shape index (κ3) is 4.57. The quantitative estimate of drug-likeness (QED) is 0.837. The van der Waals surface area contributed by atoms with E-state index in [2.05, 4.69) is 36.3 Å². The summed E-state index contributed by atoms with van der Waals surface area (Å²) < 4.78 is 5.81. The molecule has 1 aromatic heterocycles. The molecule has 3 heteroatoms. The lowest BCUT2D eigenvalue weighted by molar-refractivity contribution is 0.301. The molecule has 0 saturated carbocycles. The number of nitrogens with one attached hydrogen (secondary N) is 1. The van der Waals surface area contributed by atoms with Gasteiger partial charge in [0.15, 0.2) is 0 Å². The number of benzene rings is 1. The lowest BCUT2D eigenvalue weighted by atomic mass is 9.99. The first-order valence-electron chi connectivity index (χ1n) is 7.55. The van der Waals surface area contributed by atoms with Crippen LogP contribution in [0.15, 0.2) is 42.5 Å². The Bertz CT molecular complexity index is 551. The molecule has 1 aromatic carbocycles. The summed E-state index contributed by atoms with van der Waals surface area (Å²) in [6, 6.07) is 14.4. The van der Waals surface area contributed by atoms with Gasteiger partial charge in [0.25, 0.3) is 0 Å². The Morgan fingerprint density at radius 3 is 2.48 bits per heavy atom. The second-order valence-corrected chi connectivity index (χ2v) is 5.32. The molecule has 0 saturated heterocycles. The number of hydrogen-bond donors (Lipinski definition) is 1. The third-order valence-corrected chi connectivity index (χ3v) is 3.67. The normalized spacial score (nSPS) is 12.1. The molecule has 2 aromatic rings. The van der Waals surface area contributed by atoms with Gasteiger partial charge in [-0.2, -0.15) is 0 Å². The first-order valence-corrected chi connectivity index (χ1v) is 7.55. The Labute approximate surface area is 127 Å². The van der Waals surface area contributed by atoms with E-state index in [0.717, 1.165) is 30.1 Å². The van der Waals surface area contributed by atoms with Gasteiger partial charge in [-0.05, 0) is 49.2 Å². The Balaban J connectivity index is 1.95. The molecule has 0 fully saturated rings. The SMILES string of the molecule is CCC(C)c1ccc(OCc2cccc(CNC)n2)cc1. The fourth-order valence-electron chi connectivity index (χ4n) is 2.17. The summed E-state index contributed by atoms with van der Waals surface area (Å²) in [5, 5.41) is 3.10. The van der Waals surface area contributed by atoms with Crippen LogP contribution in [-0.2, 0) is 13.2 Å². The molecule has 0 aliphatic carbocycles. The zero-order chi connectivity index (χ0) is 15.1. The standard InChI is InChI=1S/C18H24N2O/c1-4-14(2)15-8-10-18(11-9-15)21-13-17-7-5-6-16(20-17)12-19-3/h5-11,14,19H,4,12-13H2,1-3H3. The molecule has 1 heterocycles. The second kappa shape index (κ2) is 7.79. The van der Waals surface area contributed by atoms with E-state index in [0.29, 0.717) is 12.5 Å². The van der Waals surface area contributed by atoms with Gasteiger partial charge in [-0.1, -0.05) is 32.0 Å². The molecule has 112 valence electrons. The first-order chi connectivity index (χ1) is 10.2. The van der Waals surface area contributed by atoms with E-state index in [1.54, 1.807) is 0 Å². The van der Waals surface area contributed by atoms with E-state index in [9.17, 15) is 0 Å². The molecule has 1 atom stereocenters. The van der Waals surface area contributed by atoms with Crippen molar-refractivity contribution >= 4 is 0 Å². The average Bonchev–Trinajstić information content (AvgIpc) is 2.53. The largest absolute Gasteiger partial charge is 0.487 e. The maximum Gasteiger partial charge on any atom is 0.130 e. The molecule has 1 N–H and O–H groups in total.